The molecule has 2 atom stereocenters. The Kier molecular flexibility index (Phi) is 7.61. The largest absolute Gasteiger partial charge is 0.462 e. The third kappa shape index (κ3) is 5.44. The van der Waals surface area contributed by atoms with Gasteiger partial charge in [-0.15, -0.1) is 0 Å². The summed E-state index contributed by atoms with van der Waals surface area (Å²) in [5, 5.41) is 0. The molecule has 23 heavy (non-hydrogen) atoms. The summed E-state index contributed by atoms with van der Waals surface area (Å²) in [6.07, 6.45) is 0.0856. The fourth-order valence-electron chi connectivity index (χ4n) is 1.81. The van der Waals surface area contributed by atoms with Crippen molar-refractivity contribution in [2.24, 2.45) is 11.3 Å². The molecule has 132 valence electrons. The highest BCUT2D eigenvalue weighted by Gasteiger charge is 2.53. The molecule has 0 spiro atoms. The van der Waals surface area contributed by atoms with Crippen LogP contribution < -0.4 is 0 Å². The molecule has 0 aliphatic rings. The van der Waals surface area contributed by atoms with Crippen molar-refractivity contribution in [3.63, 3.8) is 0 Å². The van der Waals surface area contributed by atoms with E-state index in [-0.39, 0.29) is 17.6 Å². The summed E-state index contributed by atoms with van der Waals surface area (Å²) < 4.78 is 39.2. The maximum Gasteiger partial charge on any atom is 0.333 e. The van der Waals surface area contributed by atoms with Gasteiger partial charge in [0.15, 0.2) is 0 Å². The number of alkyl halides is 2. The summed E-state index contributed by atoms with van der Waals surface area (Å²) in [6, 6.07) is 0. The van der Waals surface area contributed by atoms with E-state index in [1.807, 2.05) is 0 Å². The Morgan fingerprint density at radius 3 is 1.91 bits per heavy atom. The third-order valence-corrected chi connectivity index (χ3v) is 3.89. The zero-order chi connectivity index (χ0) is 18.4. The third-order valence-electron chi connectivity index (χ3n) is 3.89. The van der Waals surface area contributed by atoms with Gasteiger partial charge in [0.25, 0.3) is 5.92 Å². The summed E-state index contributed by atoms with van der Waals surface area (Å²) >= 11 is 0. The smallest absolute Gasteiger partial charge is 0.333 e. The van der Waals surface area contributed by atoms with Gasteiger partial charge in [0.05, 0.1) is 17.9 Å². The minimum atomic E-state index is -3.20. The number of hydrogen-bond acceptors (Lipinski definition) is 4. The summed E-state index contributed by atoms with van der Waals surface area (Å²) in [5.41, 5.74) is -1.28. The normalized spacial score (nSPS) is 15.3. The molecular weight excluding hydrogens is 306 g/mol. The van der Waals surface area contributed by atoms with E-state index in [0.29, 0.717) is 0 Å². The van der Waals surface area contributed by atoms with Crippen LogP contribution >= 0.6 is 0 Å². The van der Waals surface area contributed by atoms with E-state index in [2.05, 4.69) is 13.2 Å². The Morgan fingerprint density at radius 1 is 1.09 bits per heavy atom. The first kappa shape index (κ1) is 21.3. The van der Waals surface area contributed by atoms with Gasteiger partial charge >= 0.3 is 11.9 Å². The number of halogens is 2. The summed E-state index contributed by atoms with van der Waals surface area (Å²) in [4.78, 5) is 22.8. The topological polar surface area (TPSA) is 52.6 Å². The second-order valence-corrected chi connectivity index (χ2v) is 6.17. The predicted octanol–water partition coefficient (Wildman–Crippen LogP) is 3.91. The molecule has 0 rings (SSSR count). The molecule has 6 heteroatoms. The predicted molar refractivity (Wildman–Crippen MR) is 84.1 cm³/mol. The maximum atomic E-state index is 14.7. The van der Waals surface area contributed by atoms with Gasteiger partial charge in [-0.2, -0.15) is 0 Å². The number of carbonyl (C=O) groups excluding carboxylic acids is 2. The lowest BCUT2D eigenvalue weighted by Crippen LogP contribution is -2.48. The summed E-state index contributed by atoms with van der Waals surface area (Å²) in [7, 11) is 0. The minimum Gasteiger partial charge on any atom is -0.462 e. The van der Waals surface area contributed by atoms with Gasteiger partial charge in [-0.25, -0.2) is 18.4 Å². The monoisotopic (exact) mass is 332 g/mol. The van der Waals surface area contributed by atoms with Crippen LogP contribution in [0.3, 0.4) is 0 Å². The first-order chi connectivity index (χ1) is 10.4. The summed E-state index contributed by atoms with van der Waals surface area (Å²) in [6.45, 7) is 13.0. The van der Waals surface area contributed by atoms with Crippen molar-refractivity contribution in [3.05, 3.63) is 24.3 Å². The highest BCUT2D eigenvalue weighted by molar-refractivity contribution is 5.87. The fraction of sp³-hybridized carbons (Fsp3) is 0.647. The maximum absolute atomic E-state index is 14.7. The molecule has 0 aromatic heterocycles. The molecule has 4 nitrogen and oxygen atoms in total. The van der Waals surface area contributed by atoms with E-state index >= 15 is 0 Å². The number of ether oxygens (including phenoxy) is 2. The van der Waals surface area contributed by atoms with Gasteiger partial charge in [-0.1, -0.05) is 33.9 Å². The molecule has 0 aromatic carbocycles. The van der Waals surface area contributed by atoms with Gasteiger partial charge < -0.3 is 9.47 Å². The van der Waals surface area contributed by atoms with Crippen LogP contribution in [-0.4, -0.2) is 31.1 Å². The van der Waals surface area contributed by atoms with Crippen LogP contribution in [0, 0.1) is 11.3 Å². The minimum absolute atomic E-state index is 0.0856. The van der Waals surface area contributed by atoms with Crippen molar-refractivity contribution in [2.75, 3.05) is 13.2 Å². The van der Waals surface area contributed by atoms with Crippen LogP contribution in [0.4, 0.5) is 8.78 Å². The zero-order valence-electron chi connectivity index (χ0n) is 14.5. The highest BCUT2D eigenvalue weighted by atomic mass is 19.3. The molecule has 0 saturated carbocycles. The lowest BCUT2D eigenvalue weighted by Gasteiger charge is -2.39. The molecular formula is C17H26F2O4. The van der Waals surface area contributed by atoms with E-state index in [1.54, 1.807) is 6.92 Å². The van der Waals surface area contributed by atoms with Gasteiger partial charge in [0.1, 0.15) is 6.61 Å². The average Bonchev–Trinajstić information content (AvgIpc) is 2.48. The van der Waals surface area contributed by atoms with Crippen LogP contribution in [0.1, 0.15) is 41.0 Å². The van der Waals surface area contributed by atoms with E-state index in [4.69, 9.17) is 9.47 Å². The molecule has 0 aliphatic carbocycles. The number of hydrogen-bond donors (Lipinski definition) is 0. The van der Waals surface area contributed by atoms with E-state index in [1.165, 1.54) is 27.7 Å². The Morgan fingerprint density at radius 2 is 1.52 bits per heavy atom. The van der Waals surface area contributed by atoms with Gasteiger partial charge in [0, 0.05) is 11.1 Å². The van der Waals surface area contributed by atoms with E-state index in [0.717, 1.165) is 0 Å². The first-order valence-electron chi connectivity index (χ1n) is 7.42. The lowest BCUT2D eigenvalue weighted by atomic mass is 9.76. The molecule has 0 N–H and O–H groups in total. The Bertz CT molecular complexity index is 485. The lowest BCUT2D eigenvalue weighted by molar-refractivity contribution is -0.191. The van der Waals surface area contributed by atoms with Crippen LogP contribution in [0.2, 0.25) is 0 Å². The van der Waals surface area contributed by atoms with Crippen LogP contribution in [-0.2, 0) is 19.1 Å². The van der Waals surface area contributed by atoms with Crippen molar-refractivity contribution in [1.82, 2.24) is 0 Å². The molecule has 0 aromatic rings. The summed E-state index contributed by atoms with van der Waals surface area (Å²) in [5.74, 6) is -5.85. The molecule has 0 bridgehead atoms. The molecule has 0 saturated heterocycles. The first-order valence-corrected chi connectivity index (χ1v) is 7.42. The Hall–Kier alpha value is -1.72. The zero-order valence-corrected chi connectivity index (χ0v) is 14.5. The fourth-order valence-corrected chi connectivity index (χ4v) is 1.81. The standard InChI is InChI=1S/C17H26F2O4/c1-8-16(7,10-23-15(21)12(4)5)17(18,19)13(6)9-22-14(20)11(2)3/h13H,2,4,8-10H2,1,3,5-7H3. The molecule has 0 fully saturated rings. The number of rotatable bonds is 9. The van der Waals surface area contributed by atoms with Gasteiger partial charge in [-0.3, -0.25) is 0 Å². The van der Waals surface area contributed by atoms with Gasteiger partial charge in [0.2, 0.25) is 0 Å². The van der Waals surface area contributed by atoms with Crippen molar-refractivity contribution in [2.45, 2.75) is 47.0 Å². The van der Waals surface area contributed by atoms with Crippen molar-refractivity contribution >= 4 is 11.9 Å². The molecule has 0 heterocycles. The molecule has 2 unspecified atom stereocenters. The van der Waals surface area contributed by atoms with Crippen molar-refractivity contribution in [3.8, 4) is 0 Å². The second kappa shape index (κ2) is 8.22. The average molecular weight is 332 g/mol. The number of esters is 2. The molecule has 0 radical (unpaired) electrons. The van der Waals surface area contributed by atoms with Crippen LogP contribution in [0.5, 0.6) is 0 Å². The Labute approximate surface area is 136 Å². The quantitative estimate of drug-likeness (QED) is 0.474. The van der Waals surface area contributed by atoms with Gasteiger partial charge in [-0.05, 0) is 20.3 Å². The van der Waals surface area contributed by atoms with Crippen molar-refractivity contribution in [1.29, 1.82) is 0 Å². The van der Waals surface area contributed by atoms with Crippen LogP contribution in [0.25, 0.3) is 0 Å². The van der Waals surface area contributed by atoms with Crippen LogP contribution in [0.15, 0.2) is 24.3 Å². The SMILES string of the molecule is C=C(C)C(=O)OCC(C)C(F)(F)C(C)(CC)COC(=O)C(=C)C. The van der Waals surface area contributed by atoms with E-state index in [9.17, 15) is 18.4 Å². The Balaban J connectivity index is 5.00. The van der Waals surface area contributed by atoms with Crippen molar-refractivity contribution < 1.29 is 27.8 Å². The highest BCUT2D eigenvalue weighted by Crippen LogP contribution is 2.45. The second-order valence-electron chi connectivity index (χ2n) is 6.17. The molecule has 0 amide bonds. The van der Waals surface area contributed by atoms with E-state index < -0.39 is 42.4 Å². The molecule has 0 aliphatic heterocycles. The number of carbonyl (C=O) groups is 2.